The average molecular weight is 371 g/mol. The zero-order valence-corrected chi connectivity index (χ0v) is 16.7. The third-order valence-electron chi connectivity index (χ3n) is 5.39. The first-order valence-corrected chi connectivity index (χ1v) is 10.3. The Hall–Kier alpha value is -1.39. The molecule has 0 aliphatic carbocycles. The van der Waals surface area contributed by atoms with Crippen LogP contribution in [0.1, 0.15) is 110 Å². The number of rotatable bonds is 18. The second kappa shape index (κ2) is 14.7. The minimum Gasteiger partial charge on any atom is -0.481 e. The van der Waals surface area contributed by atoms with E-state index in [9.17, 15) is 14.4 Å². The van der Waals surface area contributed by atoms with Crippen LogP contribution in [-0.4, -0.2) is 27.9 Å². The summed E-state index contributed by atoms with van der Waals surface area (Å²) in [5.41, 5.74) is -0.795. The predicted molar refractivity (Wildman–Crippen MR) is 103 cm³/mol. The molecule has 152 valence electrons. The zero-order chi connectivity index (χ0) is 19.8. The smallest absolute Gasteiger partial charge is 0.303 e. The van der Waals surface area contributed by atoms with E-state index in [2.05, 4.69) is 6.92 Å². The van der Waals surface area contributed by atoms with Crippen LogP contribution in [0.5, 0.6) is 0 Å². The molecule has 0 rings (SSSR count). The van der Waals surface area contributed by atoms with Gasteiger partial charge in [-0.05, 0) is 26.2 Å². The Morgan fingerprint density at radius 2 is 1.04 bits per heavy atom. The summed E-state index contributed by atoms with van der Waals surface area (Å²) in [6.45, 7) is 3.69. The first-order valence-electron chi connectivity index (χ1n) is 10.3. The summed E-state index contributed by atoms with van der Waals surface area (Å²) in [5.74, 6) is -1.95. The monoisotopic (exact) mass is 370 g/mol. The summed E-state index contributed by atoms with van der Waals surface area (Å²) in [5, 5.41) is 17.9. The second-order valence-corrected chi connectivity index (χ2v) is 7.56. The van der Waals surface area contributed by atoms with Gasteiger partial charge in [0, 0.05) is 18.3 Å². The predicted octanol–water partition coefficient (Wildman–Crippen LogP) is 5.60. The van der Waals surface area contributed by atoms with E-state index in [1.807, 2.05) is 0 Å². The lowest BCUT2D eigenvalue weighted by molar-refractivity contribution is -0.139. The third kappa shape index (κ3) is 12.0. The summed E-state index contributed by atoms with van der Waals surface area (Å²) in [4.78, 5) is 34.0. The van der Waals surface area contributed by atoms with Crippen molar-refractivity contribution in [1.29, 1.82) is 0 Å². The molecular weight excluding hydrogens is 332 g/mol. The number of hydrogen-bond acceptors (Lipinski definition) is 3. The molecule has 5 heteroatoms. The van der Waals surface area contributed by atoms with Crippen LogP contribution in [0.3, 0.4) is 0 Å². The van der Waals surface area contributed by atoms with Crippen molar-refractivity contribution in [2.45, 2.75) is 110 Å². The van der Waals surface area contributed by atoms with Crippen molar-refractivity contribution >= 4 is 17.7 Å². The normalized spacial score (nSPS) is 11.5. The molecule has 0 radical (unpaired) electrons. The number of carboxylic acid groups (broad SMARTS) is 2. The Balaban J connectivity index is 4.25. The van der Waals surface area contributed by atoms with Crippen molar-refractivity contribution < 1.29 is 24.6 Å². The topological polar surface area (TPSA) is 91.7 Å². The van der Waals surface area contributed by atoms with E-state index in [0.29, 0.717) is 6.42 Å². The van der Waals surface area contributed by atoms with E-state index < -0.39 is 17.4 Å². The van der Waals surface area contributed by atoms with Crippen molar-refractivity contribution in [3.05, 3.63) is 0 Å². The van der Waals surface area contributed by atoms with Crippen LogP contribution in [0.2, 0.25) is 0 Å². The van der Waals surface area contributed by atoms with Crippen LogP contribution < -0.4 is 0 Å². The van der Waals surface area contributed by atoms with Crippen LogP contribution >= 0.6 is 0 Å². The minimum atomic E-state index is -0.936. The van der Waals surface area contributed by atoms with Crippen LogP contribution in [0.15, 0.2) is 0 Å². The van der Waals surface area contributed by atoms with E-state index >= 15 is 0 Å². The zero-order valence-electron chi connectivity index (χ0n) is 16.7. The Kier molecular flexibility index (Phi) is 14.0. The standard InChI is InChI=1S/C21H38O5/c1-3-4-5-6-7-8-9-10-11-12-15-21(18(2)22,16-13-19(23)24)17-14-20(25)26/h3-17H2,1-2H3,(H,23,24)(H,25,26). The van der Waals surface area contributed by atoms with Gasteiger partial charge in [-0.2, -0.15) is 0 Å². The number of aliphatic carboxylic acids is 2. The molecule has 0 aliphatic heterocycles. The molecule has 0 unspecified atom stereocenters. The molecule has 2 N–H and O–H groups in total. The molecule has 0 amide bonds. The van der Waals surface area contributed by atoms with Gasteiger partial charge in [0.15, 0.2) is 0 Å². The fraction of sp³-hybridized carbons (Fsp3) is 0.857. The van der Waals surface area contributed by atoms with Gasteiger partial charge in [0.25, 0.3) is 0 Å². The summed E-state index contributed by atoms with van der Waals surface area (Å²) in [6, 6.07) is 0. The van der Waals surface area contributed by atoms with Gasteiger partial charge in [-0.3, -0.25) is 14.4 Å². The largest absolute Gasteiger partial charge is 0.481 e. The third-order valence-corrected chi connectivity index (χ3v) is 5.39. The Labute approximate surface area is 158 Å². The molecular formula is C21H38O5. The van der Waals surface area contributed by atoms with E-state index in [4.69, 9.17) is 10.2 Å². The molecule has 5 nitrogen and oxygen atoms in total. The Morgan fingerprint density at radius 3 is 1.38 bits per heavy atom. The van der Waals surface area contributed by atoms with Crippen molar-refractivity contribution in [3.63, 3.8) is 0 Å². The summed E-state index contributed by atoms with van der Waals surface area (Å²) >= 11 is 0. The molecule has 0 aromatic heterocycles. The lowest BCUT2D eigenvalue weighted by Gasteiger charge is -2.30. The molecule has 26 heavy (non-hydrogen) atoms. The molecule has 0 fully saturated rings. The number of carbonyl (C=O) groups is 3. The summed E-state index contributed by atoms with van der Waals surface area (Å²) in [6.07, 6.45) is 12.9. The molecule has 0 saturated heterocycles. The van der Waals surface area contributed by atoms with Crippen LogP contribution in [0.25, 0.3) is 0 Å². The van der Waals surface area contributed by atoms with Crippen LogP contribution in [0.4, 0.5) is 0 Å². The quantitative estimate of drug-likeness (QED) is 0.306. The van der Waals surface area contributed by atoms with Gasteiger partial charge in [0.2, 0.25) is 0 Å². The van der Waals surface area contributed by atoms with E-state index in [1.165, 1.54) is 51.9 Å². The highest BCUT2D eigenvalue weighted by Gasteiger charge is 2.35. The van der Waals surface area contributed by atoms with Gasteiger partial charge >= 0.3 is 11.9 Å². The highest BCUT2D eigenvalue weighted by atomic mass is 16.4. The second-order valence-electron chi connectivity index (χ2n) is 7.56. The van der Waals surface area contributed by atoms with Gasteiger partial charge < -0.3 is 10.2 Å². The van der Waals surface area contributed by atoms with E-state index in [-0.39, 0.29) is 31.5 Å². The van der Waals surface area contributed by atoms with Gasteiger partial charge in [-0.25, -0.2) is 0 Å². The Bertz CT molecular complexity index is 399. The van der Waals surface area contributed by atoms with Crippen LogP contribution in [0, 0.1) is 5.41 Å². The highest BCUT2D eigenvalue weighted by Crippen LogP contribution is 2.37. The first kappa shape index (κ1) is 24.6. The lowest BCUT2D eigenvalue weighted by Crippen LogP contribution is -2.31. The molecule has 0 aromatic rings. The van der Waals surface area contributed by atoms with Crippen molar-refractivity contribution in [1.82, 2.24) is 0 Å². The maximum absolute atomic E-state index is 12.2. The average Bonchev–Trinajstić information content (AvgIpc) is 2.57. The number of carbonyl (C=O) groups excluding carboxylic acids is 1. The molecule has 0 spiro atoms. The fourth-order valence-electron chi connectivity index (χ4n) is 3.55. The molecule has 0 saturated carbocycles. The maximum atomic E-state index is 12.2. The fourth-order valence-corrected chi connectivity index (χ4v) is 3.55. The van der Waals surface area contributed by atoms with Gasteiger partial charge in [0.1, 0.15) is 5.78 Å². The molecule has 0 aliphatic rings. The van der Waals surface area contributed by atoms with Crippen molar-refractivity contribution in [2.75, 3.05) is 0 Å². The van der Waals surface area contributed by atoms with Crippen molar-refractivity contribution in [2.24, 2.45) is 5.41 Å². The number of Topliss-reactive ketones (excluding diaryl/α,β-unsaturated/α-hetero) is 1. The number of unbranched alkanes of at least 4 members (excludes halogenated alkanes) is 9. The minimum absolute atomic E-state index is 0.0732. The number of carboxylic acids is 2. The Morgan fingerprint density at radius 1 is 0.654 bits per heavy atom. The molecule has 0 bridgehead atoms. The van der Waals surface area contributed by atoms with E-state index in [0.717, 1.165) is 19.3 Å². The van der Waals surface area contributed by atoms with Gasteiger partial charge in [-0.1, -0.05) is 71.1 Å². The highest BCUT2D eigenvalue weighted by molar-refractivity contribution is 5.83. The first-order chi connectivity index (χ1) is 12.3. The number of ketones is 1. The molecule has 0 atom stereocenters. The number of hydrogen-bond donors (Lipinski definition) is 2. The lowest BCUT2D eigenvalue weighted by atomic mass is 9.72. The van der Waals surface area contributed by atoms with Gasteiger partial charge in [0.05, 0.1) is 0 Å². The summed E-state index contributed by atoms with van der Waals surface area (Å²) < 4.78 is 0. The molecule has 0 heterocycles. The maximum Gasteiger partial charge on any atom is 0.303 e. The molecule has 0 aromatic carbocycles. The van der Waals surface area contributed by atoms with Crippen LogP contribution in [-0.2, 0) is 14.4 Å². The summed E-state index contributed by atoms with van der Waals surface area (Å²) in [7, 11) is 0. The van der Waals surface area contributed by atoms with E-state index in [1.54, 1.807) is 0 Å². The van der Waals surface area contributed by atoms with Crippen molar-refractivity contribution in [3.8, 4) is 0 Å². The van der Waals surface area contributed by atoms with Gasteiger partial charge in [-0.15, -0.1) is 0 Å². The SMILES string of the molecule is CCCCCCCCCCCCC(CCC(=O)O)(CCC(=O)O)C(C)=O.